The summed E-state index contributed by atoms with van der Waals surface area (Å²) >= 11 is 0. The van der Waals surface area contributed by atoms with Crippen LogP contribution in [0, 0.1) is 26.8 Å². The van der Waals surface area contributed by atoms with Crippen molar-refractivity contribution in [3.63, 3.8) is 0 Å². The van der Waals surface area contributed by atoms with E-state index in [-0.39, 0.29) is 43.2 Å². The number of fused-ring (bicyclic) bond motifs is 1. The van der Waals surface area contributed by atoms with Gasteiger partial charge in [0.1, 0.15) is 11.6 Å². The summed E-state index contributed by atoms with van der Waals surface area (Å²) in [5.74, 6) is 0.687. The second-order valence-electron chi connectivity index (χ2n) is 17.2. The van der Waals surface area contributed by atoms with Crippen LogP contribution in [0.25, 0.3) is 72.7 Å². The van der Waals surface area contributed by atoms with E-state index in [0.717, 1.165) is 78.0 Å². The molecule has 8 aromatic rings. The molecule has 0 saturated heterocycles. The van der Waals surface area contributed by atoms with Gasteiger partial charge in [0.05, 0.1) is 22.3 Å². The van der Waals surface area contributed by atoms with Gasteiger partial charge in [-0.25, -0.2) is 4.98 Å². The quantitative estimate of drug-likeness (QED) is 0.169. The zero-order valence-electron chi connectivity index (χ0n) is 37.3. The molecule has 0 atom stereocenters. The minimum atomic E-state index is -2.31. The van der Waals surface area contributed by atoms with Crippen LogP contribution in [0.15, 0.2) is 134 Å². The third kappa shape index (κ3) is 7.83. The van der Waals surface area contributed by atoms with Crippen LogP contribution in [-0.4, -0.2) is 19.6 Å². The van der Waals surface area contributed by atoms with E-state index in [1.807, 2.05) is 79.9 Å². The van der Waals surface area contributed by atoms with Gasteiger partial charge >= 0.3 is 0 Å². The fourth-order valence-electron chi connectivity index (χ4n) is 7.49. The Bertz CT molecular complexity index is 2900. The van der Waals surface area contributed by atoms with Crippen LogP contribution >= 0.6 is 0 Å². The maximum atomic E-state index is 11.9. The number of phenolic OH excluding ortho intramolecular Hbond substituents is 1. The molecule has 0 spiro atoms. The van der Waals surface area contributed by atoms with Crippen molar-refractivity contribution < 1.29 is 30.3 Å². The standard InChI is InChI=1S/C53H50N3O.Pt/c1-33-18-21-36(22-19-33)38-24-25-54-46(31-38)40-28-39(29-42(30-40)53(7,8)9)43-16-13-17-48-49(43)55-51(45-32-41(52(4,5)6)27-35(3)50(45)57)56(48)47-23-20-34(2)26-44(47)37-14-11-10-12-15-37;/h10-27,29-32,57H,1-9H3;/q-1;/i2D3;. The van der Waals surface area contributed by atoms with Crippen LogP contribution in [0.3, 0.4) is 0 Å². The van der Waals surface area contributed by atoms with Crippen molar-refractivity contribution in [3.8, 4) is 67.5 Å². The van der Waals surface area contributed by atoms with Gasteiger partial charge in [-0.1, -0.05) is 149 Å². The number of aromatic nitrogens is 3. The molecule has 0 unspecified atom stereocenters. The predicted molar refractivity (Wildman–Crippen MR) is 238 cm³/mol. The molecular formula is C53H50N3OPt-. The van der Waals surface area contributed by atoms with Gasteiger partial charge in [-0.15, -0.1) is 29.3 Å². The summed E-state index contributed by atoms with van der Waals surface area (Å²) < 4.78 is 27.0. The molecule has 0 aliphatic heterocycles. The molecule has 0 bridgehead atoms. The molecule has 0 saturated carbocycles. The number of rotatable bonds is 6. The van der Waals surface area contributed by atoms with Crippen molar-refractivity contribution in [2.75, 3.05) is 0 Å². The minimum absolute atomic E-state index is 0. The molecule has 5 heteroatoms. The van der Waals surface area contributed by atoms with Gasteiger partial charge in [-0.05, 0) is 89.7 Å². The molecule has 294 valence electrons. The number of aryl methyl sites for hydroxylation is 3. The average Bonchev–Trinajstić information content (AvgIpc) is 3.60. The van der Waals surface area contributed by atoms with E-state index >= 15 is 0 Å². The van der Waals surface area contributed by atoms with Crippen molar-refractivity contribution in [2.45, 2.75) is 73.1 Å². The molecule has 1 N–H and O–H groups in total. The van der Waals surface area contributed by atoms with Gasteiger partial charge in [0.15, 0.2) is 0 Å². The third-order valence-corrected chi connectivity index (χ3v) is 10.9. The topological polar surface area (TPSA) is 50.9 Å². The van der Waals surface area contributed by atoms with E-state index in [0.29, 0.717) is 11.4 Å². The number of imidazole rings is 1. The summed E-state index contributed by atoms with van der Waals surface area (Å²) in [5, 5.41) is 11.9. The number of para-hydroxylation sites is 1. The molecule has 0 aliphatic carbocycles. The zero-order chi connectivity index (χ0) is 42.7. The number of hydrogen-bond donors (Lipinski definition) is 1. The molecule has 58 heavy (non-hydrogen) atoms. The summed E-state index contributed by atoms with van der Waals surface area (Å²) in [5.41, 5.74) is 14.1. The summed E-state index contributed by atoms with van der Waals surface area (Å²) in [7, 11) is 0. The van der Waals surface area contributed by atoms with E-state index in [1.54, 1.807) is 12.1 Å². The molecule has 6 aromatic carbocycles. The van der Waals surface area contributed by atoms with E-state index < -0.39 is 6.85 Å². The largest absolute Gasteiger partial charge is 0.507 e. The fraction of sp³-hybridized carbons (Fsp3) is 0.208. The summed E-state index contributed by atoms with van der Waals surface area (Å²) in [6.45, 7) is 14.8. The molecule has 4 nitrogen and oxygen atoms in total. The molecule has 0 aliphatic rings. The minimum Gasteiger partial charge on any atom is -0.507 e. The van der Waals surface area contributed by atoms with E-state index in [1.165, 1.54) is 5.56 Å². The Morgan fingerprint density at radius 3 is 2.02 bits per heavy atom. The molecule has 8 rings (SSSR count). The van der Waals surface area contributed by atoms with Crippen LogP contribution in [-0.2, 0) is 31.9 Å². The van der Waals surface area contributed by atoms with Crippen LogP contribution in [0.5, 0.6) is 5.75 Å². The first-order valence-corrected chi connectivity index (χ1v) is 19.5. The zero-order valence-corrected chi connectivity index (χ0v) is 36.6. The number of phenols is 1. The Labute approximate surface area is 362 Å². The molecular weight excluding hydrogens is 890 g/mol. The maximum absolute atomic E-state index is 11.9. The first kappa shape index (κ1) is 36.7. The Balaban J connectivity index is 0.00000561. The summed E-state index contributed by atoms with van der Waals surface area (Å²) in [6.07, 6.45) is 1.86. The number of nitrogens with zero attached hydrogens (tertiary/aromatic N) is 3. The van der Waals surface area contributed by atoms with E-state index in [2.05, 4.69) is 108 Å². The first-order valence-electron chi connectivity index (χ1n) is 21.0. The van der Waals surface area contributed by atoms with Crippen molar-refractivity contribution in [1.82, 2.24) is 14.5 Å². The van der Waals surface area contributed by atoms with E-state index in [4.69, 9.17) is 14.1 Å². The van der Waals surface area contributed by atoms with Gasteiger partial charge in [0.25, 0.3) is 0 Å². The second-order valence-corrected chi connectivity index (χ2v) is 17.2. The fourth-order valence-corrected chi connectivity index (χ4v) is 7.49. The summed E-state index contributed by atoms with van der Waals surface area (Å²) in [4.78, 5) is 10.3. The SMILES string of the molecule is [2H]C([2H])([2H])c1ccc(-n2c(-c3cc(C(C)(C)C)cc(C)c3O)nc3c(-c4[c-]c(-c5cc(-c6ccc(C)cc6)ccn5)cc(C(C)(C)C)c4)cccc32)c(-c2ccccc2)c1.[Pt]. The predicted octanol–water partition coefficient (Wildman–Crippen LogP) is 13.8. The number of pyridine rings is 1. The van der Waals surface area contributed by atoms with Gasteiger partial charge in [0.2, 0.25) is 0 Å². The Hall–Kier alpha value is -5.57. The van der Waals surface area contributed by atoms with Gasteiger partial charge in [-0.3, -0.25) is 9.55 Å². The van der Waals surface area contributed by atoms with Gasteiger partial charge in [0, 0.05) is 42.6 Å². The van der Waals surface area contributed by atoms with Crippen molar-refractivity contribution in [2.24, 2.45) is 0 Å². The molecule has 2 heterocycles. The normalized spacial score (nSPS) is 12.8. The van der Waals surface area contributed by atoms with E-state index in [9.17, 15) is 5.11 Å². The average molecular weight is 943 g/mol. The van der Waals surface area contributed by atoms with Crippen molar-refractivity contribution in [3.05, 3.63) is 167 Å². The Kier molecular flexibility index (Phi) is 9.91. The van der Waals surface area contributed by atoms with Crippen LogP contribution in [0.2, 0.25) is 0 Å². The number of hydrogen-bond acceptors (Lipinski definition) is 3. The Morgan fingerprint density at radius 1 is 0.621 bits per heavy atom. The Morgan fingerprint density at radius 2 is 1.31 bits per heavy atom. The van der Waals surface area contributed by atoms with Crippen LogP contribution < -0.4 is 0 Å². The van der Waals surface area contributed by atoms with Gasteiger partial charge in [-0.2, -0.15) is 0 Å². The number of benzene rings is 6. The van der Waals surface area contributed by atoms with Crippen LogP contribution in [0.1, 0.15) is 73.5 Å². The molecule has 0 radical (unpaired) electrons. The first-order chi connectivity index (χ1) is 28.4. The van der Waals surface area contributed by atoms with Crippen molar-refractivity contribution in [1.29, 1.82) is 0 Å². The molecule has 0 amide bonds. The monoisotopic (exact) mass is 942 g/mol. The summed E-state index contributed by atoms with van der Waals surface area (Å²) in [6, 6.07) is 46.2. The molecule has 0 fully saturated rings. The second kappa shape index (κ2) is 15.6. The third-order valence-electron chi connectivity index (χ3n) is 10.9. The maximum Gasteiger partial charge on any atom is 0.148 e. The number of aromatic hydroxyl groups is 1. The van der Waals surface area contributed by atoms with Gasteiger partial charge < -0.3 is 5.11 Å². The van der Waals surface area contributed by atoms with Crippen molar-refractivity contribution >= 4 is 11.0 Å². The smallest absolute Gasteiger partial charge is 0.148 e. The van der Waals surface area contributed by atoms with Crippen LogP contribution in [0.4, 0.5) is 0 Å². The molecule has 2 aromatic heterocycles.